The highest BCUT2D eigenvalue weighted by atomic mass is 19.4. The summed E-state index contributed by atoms with van der Waals surface area (Å²) >= 11 is 0. The molecule has 38 heavy (non-hydrogen) atoms. The Morgan fingerprint density at radius 3 is 2.58 bits per heavy atom. The van der Waals surface area contributed by atoms with Gasteiger partial charge in [0.2, 0.25) is 5.95 Å². The van der Waals surface area contributed by atoms with Gasteiger partial charge in [-0.05, 0) is 45.7 Å². The number of rotatable bonds is 6. The van der Waals surface area contributed by atoms with Crippen molar-refractivity contribution >= 4 is 23.8 Å². The molecule has 1 saturated heterocycles. The summed E-state index contributed by atoms with van der Waals surface area (Å²) in [6.45, 7) is 5.50. The maximum atomic E-state index is 14.3. The highest BCUT2D eigenvalue weighted by Gasteiger charge is 2.43. The summed E-state index contributed by atoms with van der Waals surface area (Å²) in [6.07, 6.45) is -3.97. The van der Waals surface area contributed by atoms with Gasteiger partial charge >= 0.3 is 12.5 Å². The fraction of sp³-hybridized carbons (Fsp3) is 0.522. The van der Waals surface area contributed by atoms with E-state index in [0.717, 1.165) is 23.2 Å². The molecule has 0 aliphatic carbocycles. The van der Waals surface area contributed by atoms with Crippen molar-refractivity contribution in [2.24, 2.45) is 0 Å². The summed E-state index contributed by atoms with van der Waals surface area (Å²) in [4.78, 5) is 38.3. The summed E-state index contributed by atoms with van der Waals surface area (Å²) in [5.74, 6) is -4.89. The number of carbonyl (C=O) groups is 2. The Labute approximate surface area is 214 Å². The standard InChI is InChI=1S/C23H27F5N6O4/c1-13-10-30-19(31-16-9-15(6-8-29-16)38-23(26,27)28)32-17(13)18(35)34-12-22(24,25)7-5-14(34)11-37-20(36)33-21(2,3)4/h6,8-10,14H,5,7,11-12H2,1-4H3,(H,33,36)(H,29,30,31,32). The Hall–Kier alpha value is -3.78. The van der Waals surface area contributed by atoms with E-state index in [1.54, 1.807) is 20.8 Å². The van der Waals surface area contributed by atoms with Crippen LogP contribution in [0, 0.1) is 6.92 Å². The van der Waals surface area contributed by atoms with E-state index in [1.165, 1.54) is 13.1 Å². The number of aromatic nitrogens is 3. The van der Waals surface area contributed by atoms with Crippen LogP contribution in [-0.2, 0) is 4.74 Å². The van der Waals surface area contributed by atoms with Crippen LogP contribution in [0.4, 0.5) is 38.5 Å². The van der Waals surface area contributed by atoms with Gasteiger partial charge in [0, 0.05) is 30.4 Å². The Morgan fingerprint density at radius 2 is 1.92 bits per heavy atom. The number of nitrogens with zero attached hydrogens (tertiary/aromatic N) is 4. The topological polar surface area (TPSA) is 119 Å². The quantitative estimate of drug-likeness (QED) is 0.506. The van der Waals surface area contributed by atoms with E-state index in [9.17, 15) is 31.5 Å². The van der Waals surface area contributed by atoms with Crippen molar-refractivity contribution in [3.8, 4) is 5.75 Å². The van der Waals surface area contributed by atoms with Gasteiger partial charge in [-0.1, -0.05) is 0 Å². The zero-order valence-corrected chi connectivity index (χ0v) is 21.0. The number of aryl methyl sites for hydroxylation is 1. The van der Waals surface area contributed by atoms with Crippen LogP contribution in [0.2, 0.25) is 0 Å². The van der Waals surface area contributed by atoms with Gasteiger partial charge in [0.15, 0.2) is 0 Å². The number of anilines is 2. The van der Waals surface area contributed by atoms with Gasteiger partial charge < -0.3 is 25.0 Å². The van der Waals surface area contributed by atoms with Crippen molar-refractivity contribution in [3.63, 3.8) is 0 Å². The number of nitrogens with one attached hydrogen (secondary N) is 2. The number of hydrogen-bond acceptors (Lipinski definition) is 8. The minimum atomic E-state index is -4.91. The van der Waals surface area contributed by atoms with Crippen LogP contribution in [0.5, 0.6) is 5.75 Å². The second-order valence-electron chi connectivity index (χ2n) is 9.73. The molecule has 1 atom stereocenters. The monoisotopic (exact) mass is 546 g/mol. The summed E-state index contributed by atoms with van der Waals surface area (Å²) in [7, 11) is 0. The minimum Gasteiger partial charge on any atom is -0.447 e. The molecule has 0 aromatic carbocycles. The lowest BCUT2D eigenvalue weighted by Crippen LogP contribution is -2.54. The third-order valence-corrected chi connectivity index (χ3v) is 5.21. The van der Waals surface area contributed by atoms with Gasteiger partial charge in [-0.15, -0.1) is 13.2 Å². The maximum Gasteiger partial charge on any atom is 0.573 e. The molecule has 1 unspecified atom stereocenters. The van der Waals surface area contributed by atoms with E-state index < -0.39 is 54.6 Å². The molecular weight excluding hydrogens is 519 g/mol. The number of piperidine rings is 1. The minimum absolute atomic E-state index is 0.116. The van der Waals surface area contributed by atoms with E-state index in [2.05, 4.69) is 30.3 Å². The Balaban J connectivity index is 1.80. The summed E-state index contributed by atoms with van der Waals surface area (Å²) < 4.78 is 75.1. The molecule has 0 spiro atoms. The Bertz CT molecular complexity index is 1170. The largest absolute Gasteiger partial charge is 0.573 e. The average Bonchev–Trinajstić information content (AvgIpc) is 2.76. The molecule has 0 radical (unpaired) electrons. The molecular formula is C23H27F5N6O4. The second-order valence-corrected chi connectivity index (χ2v) is 9.73. The number of ether oxygens (including phenoxy) is 2. The first-order valence-corrected chi connectivity index (χ1v) is 11.5. The van der Waals surface area contributed by atoms with E-state index in [1.807, 2.05) is 0 Å². The van der Waals surface area contributed by atoms with Crippen LogP contribution in [0.3, 0.4) is 0 Å². The zero-order valence-electron chi connectivity index (χ0n) is 21.0. The first-order valence-electron chi connectivity index (χ1n) is 11.5. The molecule has 1 aliphatic rings. The van der Waals surface area contributed by atoms with Crippen LogP contribution in [0.1, 0.15) is 49.7 Å². The summed E-state index contributed by atoms with van der Waals surface area (Å²) in [5.41, 5.74) is -0.533. The molecule has 2 aromatic rings. The third kappa shape index (κ3) is 8.38. The van der Waals surface area contributed by atoms with Crippen LogP contribution < -0.4 is 15.4 Å². The lowest BCUT2D eigenvalue weighted by Gasteiger charge is -2.39. The summed E-state index contributed by atoms with van der Waals surface area (Å²) in [5, 5.41) is 5.16. The molecule has 2 N–H and O–H groups in total. The zero-order chi connectivity index (χ0) is 28.3. The number of alkyl carbamates (subject to hydrolysis) is 1. The number of hydrogen-bond donors (Lipinski definition) is 2. The van der Waals surface area contributed by atoms with Crippen LogP contribution >= 0.6 is 0 Å². The number of pyridine rings is 1. The Morgan fingerprint density at radius 1 is 1.21 bits per heavy atom. The fourth-order valence-corrected chi connectivity index (χ4v) is 3.56. The third-order valence-electron chi connectivity index (χ3n) is 5.21. The van der Waals surface area contributed by atoms with Crippen LogP contribution in [-0.4, -0.2) is 68.9 Å². The lowest BCUT2D eigenvalue weighted by molar-refractivity contribution is -0.274. The van der Waals surface area contributed by atoms with Gasteiger partial charge in [-0.2, -0.15) is 0 Å². The molecule has 2 aromatic heterocycles. The van der Waals surface area contributed by atoms with Crippen molar-refractivity contribution in [1.82, 2.24) is 25.2 Å². The van der Waals surface area contributed by atoms with E-state index in [-0.39, 0.29) is 36.1 Å². The van der Waals surface area contributed by atoms with E-state index in [4.69, 9.17) is 4.74 Å². The number of alkyl halides is 5. The molecule has 1 fully saturated rings. The highest BCUT2D eigenvalue weighted by Crippen LogP contribution is 2.32. The van der Waals surface area contributed by atoms with Gasteiger partial charge in [-0.25, -0.2) is 28.5 Å². The van der Waals surface area contributed by atoms with Crippen molar-refractivity contribution in [3.05, 3.63) is 35.8 Å². The molecule has 10 nitrogen and oxygen atoms in total. The number of amides is 2. The molecule has 208 valence electrons. The van der Waals surface area contributed by atoms with E-state index >= 15 is 0 Å². The highest BCUT2D eigenvalue weighted by molar-refractivity contribution is 5.94. The first-order chi connectivity index (χ1) is 17.5. The fourth-order valence-electron chi connectivity index (χ4n) is 3.56. The van der Waals surface area contributed by atoms with Gasteiger partial charge in [0.05, 0.1) is 12.6 Å². The average molecular weight is 546 g/mol. The van der Waals surface area contributed by atoms with Gasteiger partial charge in [0.25, 0.3) is 11.8 Å². The predicted octanol–water partition coefficient (Wildman–Crippen LogP) is 4.59. The molecule has 3 rings (SSSR count). The van der Waals surface area contributed by atoms with Crippen LogP contribution in [0.15, 0.2) is 24.5 Å². The van der Waals surface area contributed by atoms with Gasteiger partial charge in [0.1, 0.15) is 23.9 Å². The van der Waals surface area contributed by atoms with Crippen molar-refractivity contribution < 1.29 is 41.0 Å². The number of likely N-dealkylation sites (tertiary alicyclic amines) is 1. The SMILES string of the molecule is Cc1cnc(Nc2cc(OC(F)(F)F)ccn2)nc1C(=O)N1CC(F)(F)CCC1COC(=O)NC(C)(C)C. The molecule has 0 bridgehead atoms. The van der Waals surface area contributed by atoms with E-state index in [0.29, 0.717) is 0 Å². The van der Waals surface area contributed by atoms with Gasteiger partial charge in [-0.3, -0.25) is 4.79 Å². The maximum absolute atomic E-state index is 14.3. The van der Waals surface area contributed by atoms with Crippen LogP contribution in [0.25, 0.3) is 0 Å². The number of carbonyl (C=O) groups excluding carboxylic acids is 2. The molecule has 15 heteroatoms. The predicted molar refractivity (Wildman–Crippen MR) is 124 cm³/mol. The molecule has 2 amide bonds. The van der Waals surface area contributed by atoms with Crippen molar-refractivity contribution in [1.29, 1.82) is 0 Å². The van der Waals surface area contributed by atoms with Crippen molar-refractivity contribution in [2.75, 3.05) is 18.5 Å². The molecule has 0 saturated carbocycles. The molecule has 3 heterocycles. The van der Waals surface area contributed by atoms with Crippen molar-refractivity contribution in [2.45, 2.75) is 64.4 Å². The molecule has 1 aliphatic heterocycles. The second kappa shape index (κ2) is 10.9. The lowest BCUT2D eigenvalue weighted by atomic mass is 9.99. The smallest absolute Gasteiger partial charge is 0.447 e. The first kappa shape index (κ1) is 28.8. The normalized spacial score (nSPS) is 17.5. The summed E-state index contributed by atoms with van der Waals surface area (Å²) in [6, 6.07) is 1.10. The number of halogens is 5. The Kier molecular flexibility index (Phi) is 8.27.